The Balaban J connectivity index is 2.29. The Bertz CT molecular complexity index is 733. The van der Waals surface area contributed by atoms with Crippen molar-refractivity contribution < 1.29 is 24.2 Å². The number of phenols is 1. The molecule has 21 heavy (non-hydrogen) atoms. The van der Waals surface area contributed by atoms with Crippen molar-refractivity contribution in [3.63, 3.8) is 0 Å². The van der Waals surface area contributed by atoms with Gasteiger partial charge in [-0.05, 0) is 36.4 Å². The van der Waals surface area contributed by atoms with Crippen molar-refractivity contribution in [1.29, 1.82) is 0 Å². The molecule has 2 aromatic carbocycles. The van der Waals surface area contributed by atoms with Gasteiger partial charge in [0.15, 0.2) is 0 Å². The van der Waals surface area contributed by atoms with Gasteiger partial charge in [-0.3, -0.25) is 4.79 Å². The number of aromatic hydroxyl groups is 1. The van der Waals surface area contributed by atoms with Gasteiger partial charge in [0.1, 0.15) is 11.6 Å². The summed E-state index contributed by atoms with van der Waals surface area (Å²) in [4.78, 5) is 22.9. The fourth-order valence-corrected chi connectivity index (χ4v) is 1.85. The van der Waals surface area contributed by atoms with Crippen LogP contribution < -0.4 is 5.32 Å². The van der Waals surface area contributed by atoms with Gasteiger partial charge < -0.3 is 15.5 Å². The molecule has 0 aliphatic rings. The molecule has 5 nitrogen and oxygen atoms in total. The SMILES string of the molecule is O=C(Nc1ccc(Cl)c(C(=O)O)c1)c1cc(F)ccc1O. The van der Waals surface area contributed by atoms with Crippen molar-refractivity contribution in [2.45, 2.75) is 0 Å². The number of carboxylic acids is 1. The van der Waals surface area contributed by atoms with Crippen LogP contribution in [0.4, 0.5) is 10.1 Å². The molecule has 0 atom stereocenters. The van der Waals surface area contributed by atoms with E-state index in [1.807, 2.05) is 0 Å². The number of nitrogens with one attached hydrogen (secondary N) is 1. The van der Waals surface area contributed by atoms with E-state index in [1.54, 1.807) is 0 Å². The average molecular weight is 310 g/mol. The van der Waals surface area contributed by atoms with Crippen LogP contribution in [0.1, 0.15) is 20.7 Å². The van der Waals surface area contributed by atoms with E-state index >= 15 is 0 Å². The molecule has 3 N–H and O–H groups in total. The summed E-state index contributed by atoms with van der Waals surface area (Å²) in [5, 5.41) is 20.8. The number of benzene rings is 2. The van der Waals surface area contributed by atoms with Crippen molar-refractivity contribution in [3.8, 4) is 5.75 Å². The number of hydrogen-bond donors (Lipinski definition) is 3. The Morgan fingerprint density at radius 3 is 2.48 bits per heavy atom. The molecule has 2 aromatic rings. The van der Waals surface area contributed by atoms with Crippen LogP contribution in [0.5, 0.6) is 5.75 Å². The Hall–Kier alpha value is -2.60. The van der Waals surface area contributed by atoms with E-state index < -0.39 is 17.7 Å². The largest absolute Gasteiger partial charge is 0.507 e. The minimum Gasteiger partial charge on any atom is -0.507 e. The lowest BCUT2D eigenvalue weighted by molar-refractivity contribution is 0.0696. The normalized spacial score (nSPS) is 10.2. The van der Waals surface area contributed by atoms with Crippen LogP contribution in [0.25, 0.3) is 0 Å². The van der Waals surface area contributed by atoms with Crippen molar-refractivity contribution >= 4 is 29.2 Å². The number of carbonyl (C=O) groups is 2. The molecule has 2 rings (SSSR count). The number of carbonyl (C=O) groups excluding carboxylic acids is 1. The van der Waals surface area contributed by atoms with Crippen LogP contribution in [-0.4, -0.2) is 22.1 Å². The van der Waals surface area contributed by atoms with Gasteiger partial charge in [-0.2, -0.15) is 0 Å². The number of halogens is 2. The van der Waals surface area contributed by atoms with Gasteiger partial charge in [0.25, 0.3) is 5.91 Å². The van der Waals surface area contributed by atoms with Crippen molar-refractivity contribution in [2.75, 3.05) is 5.32 Å². The topological polar surface area (TPSA) is 86.6 Å². The smallest absolute Gasteiger partial charge is 0.337 e. The fraction of sp³-hybridized carbons (Fsp3) is 0. The van der Waals surface area contributed by atoms with E-state index in [9.17, 15) is 19.1 Å². The van der Waals surface area contributed by atoms with Gasteiger partial charge in [-0.1, -0.05) is 11.6 Å². The second-order valence-electron chi connectivity index (χ2n) is 4.12. The molecule has 0 bridgehead atoms. The highest BCUT2D eigenvalue weighted by Crippen LogP contribution is 2.23. The molecular formula is C14H9ClFNO4. The van der Waals surface area contributed by atoms with Gasteiger partial charge >= 0.3 is 5.97 Å². The molecule has 0 aliphatic heterocycles. The monoisotopic (exact) mass is 309 g/mol. The summed E-state index contributed by atoms with van der Waals surface area (Å²) in [5.74, 6) is -3.09. The van der Waals surface area contributed by atoms with Gasteiger partial charge in [-0.25, -0.2) is 9.18 Å². The third-order valence-electron chi connectivity index (χ3n) is 2.66. The van der Waals surface area contributed by atoms with Crippen LogP contribution in [0.15, 0.2) is 36.4 Å². The van der Waals surface area contributed by atoms with Crippen molar-refractivity contribution in [2.24, 2.45) is 0 Å². The molecule has 0 aromatic heterocycles. The molecule has 0 heterocycles. The van der Waals surface area contributed by atoms with Crippen LogP contribution >= 0.6 is 11.6 Å². The fourth-order valence-electron chi connectivity index (χ4n) is 1.66. The van der Waals surface area contributed by atoms with Gasteiger partial charge in [0.2, 0.25) is 0 Å². The zero-order chi connectivity index (χ0) is 15.6. The van der Waals surface area contributed by atoms with E-state index in [0.29, 0.717) is 0 Å². The third-order valence-corrected chi connectivity index (χ3v) is 2.99. The first kappa shape index (κ1) is 14.8. The quantitative estimate of drug-likeness (QED) is 0.813. The summed E-state index contributed by atoms with van der Waals surface area (Å²) < 4.78 is 13.1. The number of phenolic OH excluding ortho intramolecular Hbond substituents is 1. The first-order chi connectivity index (χ1) is 9.88. The van der Waals surface area contributed by atoms with E-state index in [1.165, 1.54) is 18.2 Å². The van der Waals surface area contributed by atoms with Crippen LogP contribution in [0.3, 0.4) is 0 Å². The minimum atomic E-state index is -1.25. The molecule has 0 saturated heterocycles. The summed E-state index contributed by atoms with van der Waals surface area (Å²) in [6.45, 7) is 0. The molecule has 0 fully saturated rings. The maximum Gasteiger partial charge on any atom is 0.337 e. The second-order valence-corrected chi connectivity index (χ2v) is 4.52. The number of anilines is 1. The van der Waals surface area contributed by atoms with Crippen LogP contribution in [0, 0.1) is 5.82 Å². The highest BCUT2D eigenvalue weighted by molar-refractivity contribution is 6.33. The van der Waals surface area contributed by atoms with Crippen molar-refractivity contribution in [1.82, 2.24) is 0 Å². The predicted octanol–water partition coefficient (Wildman–Crippen LogP) is 3.14. The molecule has 108 valence electrons. The number of aromatic carboxylic acids is 1. The summed E-state index contributed by atoms with van der Waals surface area (Å²) in [5.41, 5.74) is -0.287. The van der Waals surface area contributed by atoms with E-state index in [-0.39, 0.29) is 27.6 Å². The lowest BCUT2D eigenvalue weighted by Gasteiger charge is -2.08. The second kappa shape index (κ2) is 5.80. The number of carboxylic acid groups (broad SMARTS) is 1. The molecule has 7 heteroatoms. The molecule has 0 unspecified atom stereocenters. The standard InChI is InChI=1S/C14H9ClFNO4/c15-11-3-2-8(6-9(11)14(20)21)17-13(19)10-5-7(16)1-4-12(10)18/h1-6,18H,(H,17,19)(H,20,21). The Morgan fingerprint density at radius 1 is 1.10 bits per heavy atom. The molecule has 0 radical (unpaired) electrons. The maximum absolute atomic E-state index is 13.1. The van der Waals surface area contributed by atoms with Gasteiger partial charge in [0, 0.05) is 5.69 Å². The molecular weight excluding hydrogens is 301 g/mol. The summed E-state index contributed by atoms with van der Waals surface area (Å²) in [6, 6.07) is 6.80. The molecule has 0 spiro atoms. The van der Waals surface area contributed by atoms with E-state index in [4.69, 9.17) is 16.7 Å². The first-order valence-corrected chi connectivity index (χ1v) is 6.09. The summed E-state index contributed by atoms with van der Waals surface area (Å²) in [7, 11) is 0. The number of rotatable bonds is 3. The zero-order valence-corrected chi connectivity index (χ0v) is 11.2. The van der Waals surface area contributed by atoms with Gasteiger partial charge in [0.05, 0.1) is 16.1 Å². The van der Waals surface area contributed by atoms with Crippen molar-refractivity contribution in [3.05, 3.63) is 58.4 Å². The van der Waals surface area contributed by atoms with Crippen LogP contribution in [-0.2, 0) is 0 Å². The van der Waals surface area contributed by atoms with Crippen LogP contribution in [0.2, 0.25) is 5.02 Å². The molecule has 0 saturated carbocycles. The zero-order valence-electron chi connectivity index (χ0n) is 10.4. The Morgan fingerprint density at radius 2 is 1.81 bits per heavy atom. The highest BCUT2D eigenvalue weighted by Gasteiger charge is 2.14. The van der Waals surface area contributed by atoms with E-state index in [2.05, 4.69) is 5.32 Å². The predicted molar refractivity (Wildman–Crippen MR) is 74.4 cm³/mol. The Labute approximate surface area is 123 Å². The van der Waals surface area contributed by atoms with E-state index in [0.717, 1.165) is 18.2 Å². The Kier molecular flexibility index (Phi) is 4.09. The summed E-state index contributed by atoms with van der Waals surface area (Å²) in [6.07, 6.45) is 0. The highest BCUT2D eigenvalue weighted by atomic mass is 35.5. The minimum absolute atomic E-state index is 0.0223. The maximum atomic E-state index is 13.1. The average Bonchev–Trinajstić information content (AvgIpc) is 2.43. The number of amides is 1. The first-order valence-electron chi connectivity index (χ1n) is 5.71. The third kappa shape index (κ3) is 3.29. The number of hydrogen-bond acceptors (Lipinski definition) is 3. The van der Waals surface area contributed by atoms with Gasteiger partial charge in [-0.15, -0.1) is 0 Å². The lowest BCUT2D eigenvalue weighted by Crippen LogP contribution is -2.13. The lowest BCUT2D eigenvalue weighted by atomic mass is 10.1. The summed E-state index contributed by atoms with van der Waals surface area (Å²) >= 11 is 5.71. The molecule has 0 aliphatic carbocycles. The molecule has 1 amide bonds.